The van der Waals surface area contributed by atoms with Gasteiger partial charge in [-0.1, -0.05) is 48.6 Å². The number of rotatable bonds is 3. The van der Waals surface area contributed by atoms with Crippen LogP contribution in [0.4, 0.5) is 0 Å². The first-order valence-corrected chi connectivity index (χ1v) is 4.84. The molecule has 1 aliphatic rings. The lowest BCUT2D eigenvalue weighted by Crippen LogP contribution is -1.86. The summed E-state index contributed by atoms with van der Waals surface area (Å²) in [4.78, 5) is 4.39. The lowest BCUT2D eigenvalue weighted by Gasteiger charge is -1.94. The Balaban J connectivity index is 1.89. The van der Waals surface area contributed by atoms with Gasteiger partial charge in [-0.25, -0.2) is 0 Å². The Morgan fingerprint density at radius 1 is 1.21 bits per heavy atom. The third-order valence-corrected chi connectivity index (χ3v) is 2.18. The molecule has 0 bridgehead atoms. The topological polar surface area (TPSA) is 12.4 Å². The SMILES string of the molecule is C1=CCC(CN=Cc2ccccc2)=C1. The summed E-state index contributed by atoms with van der Waals surface area (Å²) in [6, 6.07) is 10.2. The Bertz CT molecular complexity index is 371. The summed E-state index contributed by atoms with van der Waals surface area (Å²) < 4.78 is 0. The van der Waals surface area contributed by atoms with Crippen LogP contribution in [0.1, 0.15) is 12.0 Å². The van der Waals surface area contributed by atoms with Gasteiger partial charge in [0.05, 0.1) is 6.54 Å². The molecule has 0 unspecified atom stereocenters. The normalized spacial score (nSPS) is 15.0. The van der Waals surface area contributed by atoms with E-state index in [0.717, 1.165) is 13.0 Å². The van der Waals surface area contributed by atoms with Crippen molar-refractivity contribution < 1.29 is 0 Å². The molecule has 1 aromatic carbocycles. The van der Waals surface area contributed by atoms with Crippen molar-refractivity contribution in [2.75, 3.05) is 6.54 Å². The third kappa shape index (κ3) is 2.43. The zero-order chi connectivity index (χ0) is 9.64. The van der Waals surface area contributed by atoms with Crippen molar-refractivity contribution in [2.45, 2.75) is 6.42 Å². The minimum Gasteiger partial charge on any atom is -0.288 e. The number of hydrogen-bond donors (Lipinski definition) is 0. The van der Waals surface area contributed by atoms with Crippen LogP contribution in [0.5, 0.6) is 0 Å². The summed E-state index contributed by atoms with van der Waals surface area (Å²) in [6.07, 6.45) is 9.38. The second-order valence-corrected chi connectivity index (χ2v) is 3.34. The molecule has 0 N–H and O–H groups in total. The first-order chi connectivity index (χ1) is 6.95. The summed E-state index contributed by atoms with van der Waals surface area (Å²) in [6.45, 7) is 0.821. The van der Waals surface area contributed by atoms with Gasteiger partial charge in [0.2, 0.25) is 0 Å². The van der Waals surface area contributed by atoms with Crippen LogP contribution in [-0.4, -0.2) is 12.8 Å². The molecule has 0 aromatic heterocycles. The first-order valence-electron chi connectivity index (χ1n) is 4.84. The van der Waals surface area contributed by atoms with Crippen molar-refractivity contribution in [3.8, 4) is 0 Å². The van der Waals surface area contributed by atoms with Crippen LogP contribution >= 0.6 is 0 Å². The molecule has 0 spiro atoms. The highest BCUT2D eigenvalue weighted by atomic mass is 14.7. The van der Waals surface area contributed by atoms with Crippen LogP contribution in [0.2, 0.25) is 0 Å². The van der Waals surface area contributed by atoms with Gasteiger partial charge in [-0.15, -0.1) is 0 Å². The van der Waals surface area contributed by atoms with Crippen LogP contribution in [0.25, 0.3) is 0 Å². The Morgan fingerprint density at radius 3 is 2.79 bits per heavy atom. The maximum absolute atomic E-state index is 4.39. The zero-order valence-electron chi connectivity index (χ0n) is 8.06. The van der Waals surface area contributed by atoms with E-state index in [-0.39, 0.29) is 0 Å². The Kier molecular flexibility index (Phi) is 2.92. The van der Waals surface area contributed by atoms with Crippen LogP contribution in [-0.2, 0) is 0 Å². The highest BCUT2D eigenvalue weighted by Gasteiger charge is 1.95. The number of allylic oxidation sites excluding steroid dienone is 3. The van der Waals surface area contributed by atoms with Crippen molar-refractivity contribution >= 4 is 6.21 Å². The average Bonchev–Trinajstić information content (AvgIpc) is 2.72. The number of hydrogen-bond acceptors (Lipinski definition) is 1. The molecule has 0 amide bonds. The average molecular weight is 183 g/mol. The fourth-order valence-electron chi connectivity index (χ4n) is 1.42. The lowest BCUT2D eigenvalue weighted by atomic mass is 10.2. The van der Waals surface area contributed by atoms with Crippen molar-refractivity contribution in [1.29, 1.82) is 0 Å². The second-order valence-electron chi connectivity index (χ2n) is 3.34. The minimum atomic E-state index is 0.821. The highest BCUT2D eigenvalue weighted by molar-refractivity contribution is 5.79. The first kappa shape index (κ1) is 8.95. The predicted octanol–water partition coefficient (Wildman–Crippen LogP) is 2.99. The molecular weight excluding hydrogens is 170 g/mol. The van der Waals surface area contributed by atoms with E-state index in [9.17, 15) is 0 Å². The van der Waals surface area contributed by atoms with Gasteiger partial charge in [0.25, 0.3) is 0 Å². The lowest BCUT2D eigenvalue weighted by molar-refractivity contribution is 1.09. The van der Waals surface area contributed by atoms with Crippen molar-refractivity contribution in [3.63, 3.8) is 0 Å². The monoisotopic (exact) mass is 183 g/mol. The Morgan fingerprint density at radius 2 is 2.07 bits per heavy atom. The van der Waals surface area contributed by atoms with E-state index in [1.807, 2.05) is 24.4 Å². The largest absolute Gasteiger partial charge is 0.288 e. The highest BCUT2D eigenvalue weighted by Crippen LogP contribution is 2.09. The molecule has 1 nitrogen and oxygen atoms in total. The molecule has 70 valence electrons. The number of aliphatic imine (C=N–C) groups is 1. The van der Waals surface area contributed by atoms with Crippen LogP contribution < -0.4 is 0 Å². The third-order valence-electron chi connectivity index (χ3n) is 2.18. The van der Waals surface area contributed by atoms with Gasteiger partial charge < -0.3 is 0 Å². The smallest absolute Gasteiger partial charge is 0.0605 e. The van der Waals surface area contributed by atoms with E-state index in [1.165, 1.54) is 11.1 Å². The molecule has 14 heavy (non-hydrogen) atoms. The fourth-order valence-corrected chi connectivity index (χ4v) is 1.42. The van der Waals surface area contributed by atoms with Crippen molar-refractivity contribution in [3.05, 3.63) is 59.7 Å². The van der Waals surface area contributed by atoms with Crippen LogP contribution in [0.3, 0.4) is 0 Å². The maximum atomic E-state index is 4.39. The van der Waals surface area contributed by atoms with Gasteiger partial charge in [-0.05, 0) is 17.6 Å². The van der Waals surface area contributed by atoms with Crippen LogP contribution in [0, 0.1) is 0 Å². The van der Waals surface area contributed by atoms with E-state index in [0.29, 0.717) is 0 Å². The fraction of sp³-hybridized carbons (Fsp3) is 0.154. The van der Waals surface area contributed by atoms with E-state index in [4.69, 9.17) is 0 Å². The molecule has 1 aromatic rings. The van der Waals surface area contributed by atoms with Crippen LogP contribution in [0.15, 0.2) is 59.1 Å². The molecule has 0 saturated carbocycles. The Hall–Kier alpha value is -1.63. The van der Waals surface area contributed by atoms with E-state index in [2.05, 4.69) is 35.4 Å². The number of benzene rings is 1. The molecule has 0 heterocycles. The molecule has 1 heteroatoms. The van der Waals surface area contributed by atoms with Gasteiger partial charge in [0, 0.05) is 6.21 Å². The van der Waals surface area contributed by atoms with Gasteiger partial charge >= 0.3 is 0 Å². The molecule has 1 aliphatic carbocycles. The van der Waals surface area contributed by atoms with Gasteiger partial charge in [0.15, 0.2) is 0 Å². The van der Waals surface area contributed by atoms with E-state index in [1.54, 1.807) is 0 Å². The number of nitrogens with zero attached hydrogens (tertiary/aromatic N) is 1. The maximum Gasteiger partial charge on any atom is 0.0605 e. The molecule has 0 saturated heterocycles. The quantitative estimate of drug-likeness (QED) is 0.639. The standard InChI is InChI=1S/C13H13N/c1-2-6-12(7-3-1)10-14-11-13-8-4-5-9-13/h1-8,10H,9,11H2. The van der Waals surface area contributed by atoms with E-state index < -0.39 is 0 Å². The minimum absolute atomic E-state index is 0.821. The zero-order valence-corrected chi connectivity index (χ0v) is 8.06. The van der Waals surface area contributed by atoms with Gasteiger partial charge in [0.1, 0.15) is 0 Å². The van der Waals surface area contributed by atoms with Gasteiger partial charge in [-0.2, -0.15) is 0 Å². The molecule has 0 atom stereocenters. The summed E-state index contributed by atoms with van der Waals surface area (Å²) in [5.41, 5.74) is 2.55. The van der Waals surface area contributed by atoms with Crippen molar-refractivity contribution in [1.82, 2.24) is 0 Å². The Labute approximate surface area is 84.5 Å². The molecule has 2 rings (SSSR count). The van der Waals surface area contributed by atoms with Gasteiger partial charge in [-0.3, -0.25) is 4.99 Å². The summed E-state index contributed by atoms with van der Waals surface area (Å²) in [5, 5.41) is 0. The van der Waals surface area contributed by atoms with Crippen molar-refractivity contribution in [2.24, 2.45) is 4.99 Å². The predicted molar refractivity (Wildman–Crippen MR) is 60.7 cm³/mol. The molecule has 0 radical (unpaired) electrons. The summed E-state index contributed by atoms with van der Waals surface area (Å²) in [7, 11) is 0. The summed E-state index contributed by atoms with van der Waals surface area (Å²) in [5.74, 6) is 0. The molecule has 0 aliphatic heterocycles. The van der Waals surface area contributed by atoms with E-state index >= 15 is 0 Å². The second kappa shape index (κ2) is 4.56. The summed E-state index contributed by atoms with van der Waals surface area (Å²) >= 11 is 0. The molecular formula is C13H13N. The molecule has 0 fully saturated rings.